The lowest BCUT2D eigenvalue weighted by atomic mass is 10.2. The quantitative estimate of drug-likeness (QED) is 0.729. The molecule has 0 bridgehead atoms. The molecule has 1 heterocycles. The molecular weight excluding hydrogens is 158 g/mol. The van der Waals surface area contributed by atoms with E-state index in [0.717, 1.165) is 16.7 Å². The van der Waals surface area contributed by atoms with Crippen LogP contribution in [0.5, 0.6) is 0 Å². The first kappa shape index (κ1) is 8.33. The number of hydrogen-bond donors (Lipinski definition) is 2. The highest BCUT2D eigenvalue weighted by molar-refractivity contribution is 7.19. The molecule has 4 heteroatoms. The number of nitrogens with two attached hydrogens (primary N) is 1. The van der Waals surface area contributed by atoms with Crippen molar-refractivity contribution in [2.24, 2.45) is 5.92 Å². The van der Waals surface area contributed by atoms with Crippen LogP contribution in [0, 0.1) is 5.92 Å². The number of nitrogens with zero attached hydrogens (tertiary/aromatic N) is 1. The molecule has 1 aromatic heterocycles. The molecule has 3 nitrogen and oxygen atoms in total. The lowest BCUT2D eigenvalue weighted by Gasteiger charge is -2.03. The molecule has 0 aromatic carbocycles. The van der Waals surface area contributed by atoms with Gasteiger partial charge in [-0.25, -0.2) is 4.98 Å². The smallest absolute Gasteiger partial charge is 0.184 e. The monoisotopic (exact) mass is 171 g/mol. The summed E-state index contributed by atoms with van der Waals surface area (Å²) in [7, 11) is 0. The van der Waals surface area contributed by atoms with Gasteiger partial charge in [-0.3, -0.25) is 0 Å². The highest BCUT2D eigenvalue weighted by Gasteiger charge is 1.98. The summed E-state index contributed by atoms with van der Waals surface area (Å²) in [6, 6.07) is 0. The van der Waals surface area contributed by atoms with E-state index in [1.807, 2.05) is 0 Å². The molecule has 0 unspecified atom stereocenters. The molecule has 0 saturated carbocycles. The standard InChI is InChI=1S/C7H13N3S/c1-5(2)3-9-7-10-4-6(8)11-7/h4-5H,3,8H2,1-2H3,(H,9,10). The lowest BCUT2D eigenvalue weighted by Crippen LogP contribution is -2.07. The van der Waals surface area contributed by atoms with Crippen LogP contribution < -0.4 is 11.1 Å². The average molecular weight is 171 g/mol. The Kier molecular flexibility index (Phi) is 2.70. The first-order valence-electron chi connectivity index (χ1n) is 3.63. The third-order valence-corrected chi connectivity index (χ3v) is 1.97. The van der Waals surface area contributed by atoms with E-state index >= 15 is 0 Å². The van der Waals surface area contributed by atoms with Crippen LogP contribution in [-0.4, -0.2) is 11.5 Å². The molecule has 0 aliphatic heterocycles. The molecule has 0 saturated heterocycles. The number of rotatable bonds is 3. The molecule has 1 aromatic rings. The summed E-state index contributed by atoms with van der Waals surface area (Å²) in [6.07, 6.45) is 1.67. The van der Waals surface area contributed by atoms with E-state index in [-0.39, 0.29) is 0 Å². The van der Waals surface area contributed by atoms with Gasteiger partial charge >= 0.3 is 0 Å². The molecule has 0 fully saturated rings. The Balaban J connectivity index is 2.39. The van der Waals surface area contributed by atoms with Gasteiger partial charge in [-0.05, 0) is 5.92 Å². The first-order valence-corrected chi connectivity index (χ1v) is 4.45. The van der Waals surface area contributed by atoms with Gasteiger partial charge in [0.15, 0.2) is 5.13 Å². The van der Waals surface area contributed by atoms with E-state index in [0.29, 0.717) is 5.92 Å². The molecule has 1 rings (SSSR count). The van der Waals surface area contributed by atoms with Gasteiger partial charge in [0.1, 0.15) is 5.00 Å². The molecule has 0 aliphatic carbocycles. The summed E-state index contributed by atoms with van der Waals surface area (Å²) in [5, 5.41) is 4.87. The van der Waals surface area contributed by atoms with Crippen molar-refractivity contribution in [1.82, 2.24) is 4.98 Å². The van der Waals surface area contributed by atoms with Crippen LogP contribution in [0.2, 0.25) is 0 Å². The van der Waals surface area contributed by atoms with Gasteiger partial charge in [0.2, 0.25) is 0 Å². The van der Waals surface area contributed by atoms with Crippen molar-refractivity contribution in [1.29, 1.82) is 0 Å². The number of anilines is 2. The summed E-state index contributed by atoms with van der Waals surface area (Å²) in [6.45, 7) is 5.26. The van der Waals surface area contributed by atoms with Crippen molar-refractivity contribution in [3.63, 3.8) is 0 Å². The molecule has 3 N–H and O–H groups in total. The minimum absolute atomic E-state index is 0.639. The van der Waals surface area contributed by atoms with Crippen LogP contribution in [0.4, 0.5) is 10.1 Å². The maximum absolute atomic E-state index is 5.50. The van der Waals surface area contributed by atoms with Crippen LogP contribution in [0.1, 0.15) is 13.8 Å². The number of nitrogen functional groups attached to an aromatic ring is 1. The van der Waals surface area contributed by atoms with E-state index in [1.54, 1.807) is 6.20 Å². The number of hydrogen-bond acceptors (Lipinski definition) is 4. The summed E-state index contributed by atoms with van der Waals surface area (Å²) in [5.74, 6) is 0.639. The average Bonchev–Trinajstić information content (AvgIpc) is 2.31. The van der Waals surface area contributed by atoms with Gasteiger partial charge in [0, 0.05) is 6.54 Å². The Hall–Kier alpha value is -0.770. The van der Waals surface area contributed by atoms with Crippen LogP contribution in [0.3, 0.4) is 0 Å². The summed E-state index contributed by atoms with van der Waals surface area (Å²) < 4.78 is 0. The van der Waals surface area contributed by atoms with Gasteiger partial charge in [-0.1, -0.05) is 25.2 Å². The third-order valence-electron chi connectivity index (χ3n) is 1.19. The SMILES string of the molecule is CC(C)CNc1ncc(N)s1. The molecule has 0 amide bonds. The Labute approximate surface area is 70.6 Å². The topological polar surface area (TPSA) is 50.9 Å². The molecule has 0 aliphatic rings. The summed E-state index contributed by atoms with van der Waals surface area (Å²) >= 11 is 1.49. The van der Waals surface area contributed by atoms with Gasteiger partial charge < -0.3 is 11.1 Å². The van der Waals surface area contributed by atoms with Crippen molar-refractivity contribution >= 4 is 21.5 Å². The zero-order chi connectivity index (χ0) is 8.27. The maximum atomic E-state index is 5.50. The third kappa shape index (κ3) is 2.76. The van der Waals surface area contributed by atoms with Gasteiger partial charge in [-0.2, -0.15) is 0 Å². The predicted octanol–water partition coefficient (Wildman–Crippen LogP) is 1.79. The molecule has 0 spiro atoms. The van der Waals surface area contributed by atoms with Gasteiger partial charge in [-0.15, -0.1) is 0 Å². The van der Waals surface area contributed by atoms with Gasteiger partial charge in [0.25, 0.3) is 0 Å². The highest BCUT2D eigenvalue weighted by Crippen LogP contribution is 2.19. The number of nitrogens with one attached hydrogen (secondary N) is 1. The van der Waals surface area contributed by atoms with E-state index in [4.69, 9.17) is 5.73 Å². The zero-order valence-electron chi connectivity index (χ0n) is 6.79. The van der Waals surface area contributed by atoms with Crippen molar-refractivity contribution in [2.45, 2.75) is 13.8 Å². The largest absolute Gasteiger partial charge is 0.389 e. The Morgan fingerprint density at radius 2 is 2.45 bits per heavy atom. The fourth-order valence-corrected chi connectivity index (χ4v) is 1.25. The maximum Gasteiger partial charge on any atom is 0.184 e. The fourth-order valence-electron chi connectivity index (χ4n) is 0.660. The minimum Gasteiger partial charge on any atom is -0.389 e. The second-order valence-electron chi connectivity index (χ2n) is 2.84. The Bertz CT molecular complexity index is 219. The minimum atomic E-state index is 0.639. The van der Waals surface area contributed by atoms with E-state index in [1.165, 1.54) is 11.3 Å². The second kappa shape index (κ2) is 3.57. The van der Waals surface area contributed by atoms with E-state index in [2.05, 4.69) is 24.1 Å². The summed E-state index contributed by atoms with van der Waals surface area (Å²) in [5.41, 5.74) is 5.50. The van der Waals surface area contributed by atoms with Crippen LogP contribution >= 0.6 is 11.3 Å². The van der Waals surface area contributed by atoms with Crippen LogP contribution in [0.25, 0.3) is 0 Å². The van der Waals surface area contributed by atoms with Crippen molar-refractivity contribution < 1.29 is 0 Å². The number of aromatic nitrogens is 1. The molecule has 62 valence electrons. The normalized spacial score (nSPS) is 10.5. The van der Waals surface area contributed by atoms with E-state index in [9.17, 15) is 0 Å². The molecule has 0 radical (unpaired) electrons. The number of thiazole rings is 1. The highest BCUT2D eigenvalue weighted by atomic mass is 32.1. The van der Waals surface area contributed by atoms with Crippen LogP contribution in [0.15, 0.2) is 6.20 Å². The fraction of sp³-hybridized carbons (Fsp3) is 0.571. The van der Waals surface area contributed by atoms with Crippen molar-refractivity contribution in [3.05, 3.63) is 6.20 Å². The van der Waals surface area contributed by atoms with Crippen molar-refractivity contribution in [3.8, 4) is 0 Å². The van der Waals surface area contributed by atoms with Crippen molar-refractivity contribution in [2.75, 3.05) is 17.6 Å². The van der Waals surface area contributed by atoms with Crippen LogP contribution in [-0.2, 0) is 0 Å². The molecular formula is C7H13N3S. The second-order valence-corrected chi connectivity index (χ2v) is 3.90. The zero-order valence-corrected chi connectivity index (χ0v) is 7.61. The Morgan fingerprint density at radius 1 is 1.73 bits per heavy atom. The van der Waals surface area contributed by atoms with Gasteiger partial charge in [0.05, 0.1) is 6.20 Å². The Morgan fingerprint density at radius 3 is 2.91 bits per heavy atom. The molecule has 0 atom stereocenters. The lowest BCUT2D eigenvalue weighted by molar-refractivity contribution is 0.688. The summed E-state index contributed by atoms with van der Waals surface area (Å²) in [4.78, 5) is 4.07. The molecule has 11 heavy (non-hydrogen) atoms. The van der Waals surface area contributed by atoms with E-state index < -0.39 is 0 Å². The first-order chi connectivity index (χ1) is 5.18. The predicted molar refractivity (Wildman–Crippen MR) is 49.9 cm³/mol.